The van der Waals surface area contributed by atoms with Gasteiger partial charge in [0, 0.05) is 25.8 Å². The van der Waals surface area contributed by atoms with E-state index >= 15 is 0 Å². The number of methoxy groups -OCH3 is 2. The number of imidazole rings is 1. The van der Waals surface area contributed by atoms with Crippen molar-refractivity contribution in [1.82, 2.24) is 18.7 Å². The Labute approximate surface area is 165 Å². The van der Waals surface area contributed by atoms with Gasteiger partial charge in [-0.25, -0.2) is 9.36 Å². The van der Waals surface area contributed by atoms with E-state index in [1.807, 2.05) is 29.2 Å². The molecule has 0 radical (unpaired) electrons. The largest absolute Gasteiger partial charge is 0.497 e. The van der Waals surface area contributed by atoms with Gasteiger partial charge < -0.3 is 18.9 Å². The fraction of sp³-hybridized carbons (Fsp3) is 0.368. The Bertz CT molecular complexity index is 1200. The Morgan fingerprint density at radius 1 is 1.14 bits per heavy atom. The van der Waals surface area contributed by atoms with Gasteiger partial charge in [-0.1, -0.05) is 0 Å². The van der Waals surface area contributed by atoms with Crippen LogP contribution in [0.3, 0.4) is 0 Å². The zero-order chi connectivity index (χ0) is 20.7. The van der Waals surface area contributed by atoms with Crippen molar-refractivity contribution in [3.8, 4) is 5.75 Å². The predicted octanol–water partition coefficient (Wildman–Crippen LogP) is 0.620. The maximum atomic E-state index is 13.1. The molecule has 0 amide bonds. The van der Waals surface area contributed by atoms with E-state index in [1.54, 1.807) is 11.7 Å². The van der Waals surface area contributed by atoms with Gasteiger partial charge in [0.1, 0.15) is 12.3 Å². The number of hydrogen-bond donors (Lipinski definition) is 0. The summed E-state index contributed by atoms with van der Waals surface area (Å²) in [5.41, 5.74) is 0.325. The molecule has 0 spiro atoms. The van der Waals surface area contributed by atoms with E-state index < -0.39 is 23.8 Å². The van der Waals surface area contributed by atoms with Crippen molar-refractivity contribution in [2.75, 3.05) is 25.7 Å². The molecule has 10 heteroatoms. The molecule has 1 aliphatic rings. The average molecular weight is 399 g/mol. The summed E-state index contributed by atoms with van der Waals surface area (Å²) >= 11 is 0. The third kappa shape index (κ3) is 2.96. The van der Waals surface area contributed by atoms with Crippen LogP contribution in [0.5, 0.6) is 5.75 Å². The molecule has 1 aromatic carbocycles. The number of benzene rings is 1. The van der Waals surface area contributed by atoms with Crippen molar-refractivity contribution < 1.29 is 14.3 Å². The van der Waals surface area contributed by atoms with Crippen molar-refractivity contribution in [3.63, 3.8) is 0 Å². The molecule has 4 rings (SSSR count). The van der Waals surface area contributed by atoms with Gasteiger partial charge in [-0.2, -0.15) is 4.98 Å². The predicted molar refractivity (Wildman–Crippen MR) is 106 cm³/mol. The highest BCUT2D eigenvalue weighted by Crippen LogP contribution is 2.31. The molecule has 0 fully saturated rings. The first-order valence-corrected chi connectivity index (χ1v) is 9.14. The first-order chi connectivity index (χ1) is 14.0. The second-order valence-electron chi connectivity index (χ2n) is 6.75. The van der Waals surface area contributed by atoms with Crippen molar-refractivity contribution in [2.45, 2.75) is 19.5 Å². The van der Waals surface area contributed by atoms with E-state index in [0.29, 0.717) is 18.0 Å². The average Bonchev–Trinajstić information content (AvgIpc) is 3.15. The number of nitrogens with zero attached hydrogens (tertiary/aromatic N) is 5. The van der Waals surface area contributed by atoms with Crippen molar-refractivity contribution >= 4 is 28.8 Å². The normalized spacial score (nSPS) is 13.4. The lowest BCUT2D eigenvalue weighted by atomic mass is 10.2. The summed E-state index contributed by atoms with van der Waals surface area (Å²) in [5.74, 6) is 0.661. The number of carbonyl (C=O) groups is 1. The van der Waals surface area contributed by atoms with E-state index in [-0.39, 0.29) is 5.65 Å². The van der Waals surface area contributed by atoms with Crippen LogP contribution < -0.4 is 20.9 Å². The topological polar surface area (TPSA) is 101 Å². The number of aromatic nitrogens is 4. The lowest BCUT2D eigenvalue weighted by molar-refractivity contribution is -0.141. The van der Waals surface area contributed by atoms with E-state index in [0.717, 1.165) is 29.0 Å². The summed E-state index contributed by atoms with van der Waals surface area (Å²) < 4.78 is 13.8. The van der Waals surface area contributed by atoms with Crippen LogP contribution in [0.25, 0.3) is 11.2 Å². The zero-order valence-corrected chi connectivity index (χ0v) is 16.4. The molecule has 0 aliphatic carbocycles. The molecule has 0 unspecified atom stereocenters. The molecule has 3 heterocycles. The molecule has 0 saturated carbocycles. The molecule has 0 saturated heterocycles. The minimum Gasteiger partial charge on any atom is -0.497 e. The number of hydrogen-bond acceptors (Lipinski definition) is 7. The van der Waals surface area contributed by atoms with E-state index in [9.17, 15) is 14.4 Å². The summed E-state index contributed by atoms with van der Waals surface area (Å²) in [6, 6.07) is 7.55. The van der Waals surface area contributed by atoms with E-state index in [1.165, 1.54) is 18.7 Å². The van der Waals surface area contributed by atoms with Gasteiger partial charge in [0.05, 0.1) is 14.2 Å². The maximum Gasteiger partial charge on any atom is 0.333 e. The van der Waals surface area contributed by atoms with Gasteiger partial charge in [-0.3, -0.25) is 14.2 Å². The molecular formula is C19H21N5O5. The van der Waals surface area contributed by atoms with Crippen LogP contribution in [0, 0.1) is 0 Å². The maximum absolute atomic E-state index is 13.1. The molecule has 10 nitrogen and oxygen atoms in total. The monoisotopic (exact) mass is 399 g/mol. The fourth-order valence-corrected chi connectivity index (χ4v) is 3.60. The van der Waals surface area contributed by atoms with Crippen LogP contribution in [0.4, 0.5) is 11.6 Å². The molecule has 2 aromatic heterocycles. The van der Waals surface area contributed by atoms with Crippen LogP contribution >= 0.6 is 0 Å². The van der Waals surface area contributed by atoms with Gasteiger partial charge >= 0.3 is 11.7 Å². The number of rotatable bonds is 4. The Morgan fingerprint density at radius 3 is 2.52 bits per heavy atom. The zero-order valence-electron chi connectivity index (χ0n) is 16.4. The Hall–Kier alpha value is -3.56. The summed E-state index contributed by atoms with van der Waals surface area (Å²) in [6.07, 6.45) is 0.795. The molecule has 3 aromatic rings. The highest BCUT2D eigenvalue weighted by Gasteiger charge is 2.27. The minimum absolute atomic E-state index is 0.288. The smallest absolute Gasteiger partial charge is 0.333 e. The fourth-order valence-electron chi connectivity index (χ4n) is 3.60. The Kier molecular flexibility index (Phi) is 4.61. The standard InChI is InChI=1S/C19H21N5O5/c1-21-16-15(17(26)24(19(21)27)11-14(25)29-3)23-10-4-9-22(18(23)20-16)12-5-7-13(28-2)8-6-12/h5-8H,4,9-11H2,1-3H3. The van der Waals surface area contributed by atoms with Crippen LogP contribution in [0.15, 0.2) is 33.9 Å². The number of ether oxygens (including phenoxy) is 2. The summed E-state index contributed by atoms with van der Waals surface area (Å²) in [5, 5.41) is 0. The van der Waals surface area contributed by atoms with Crippen molar-refractivity contribution in [2.24, 2.45) is 7.05 Å². The first kappa shape index (κ1) is 18.8. The molecule has 29 heavy (non-hydrogen) atoms. The molecule has 0 bridgehead atoms. The van der Waals surface area contributed by atoms with Crippen LogP contribution in [0.1, 0.15) is 6.42 Å². The van der Waals surface area contributed by atoms with Gasteiger partial charge in [-0.05, 0) is 30.7 Å². The third-order valence-corrected chi connectivity index (χ3v) is 5.12. The molecule has 0 atom stereocenters. The van der Waals surface area contributed by atoms with E-state index in [4.69, 9.17) is 4.74 Å². The molecule has 152 valence electrons. The SMILES string of the molecule is COC(=O)Cn1c(=O)c2c(nc3n2CCCN3c2ccc(OC)cc2)n(C)c1=O. The lowest BCUT2D eigenvalue weighted by Gasteiger charge is -2.29. The van der Waals surface area contributed by atoms with Crippen molar-refractivity contribution in [3.05, 3.63) is 45.1 Å². The first-order valence-electron chi connectivity index (χ1n) is 9.14. The molecule has 0 N–H and O–H groups in total. The van der Waals surface area contributed by atoms with Gasteiger partial charge in [0.2, 0.25) is 5.95 Å². The number of aryl methyl sites for hydroxylation is 2. The van der Waals surface area contributed by atoms with Crippen LogP contribution in [-0.2, 0) is 29.7 Å². The van der Waals surface area contributed by atoms with Gasteiger partial charge in [0.25, 0.3) is 5.56 Å². The highest BCUT2D eigenvalue weighted by atomic mass is 16.5. The third-order valence-electron chi connectivity index (χ3n) is 5.12. The summed E-state index contributed by atoms with van der Waals surface area (Å²) in [4.78, 5) is 44.0. The van der Waals surface area contributed by atoms with Crippen molar-refractivity contribution in [1.29, 1.82) is 0 Å². The minimum atomic E-state index is -0.665. The number of fused-ring (bicyclic) bond motifs is 3. The lowest BCUT2D eigenvalue weighted by Crippen LogP contribution is -2.41. The summed E-state index contributed by atoms with van der Waals surface area (Å²) in [7, 11) is 4.35. The second-order valence-corrected chi connectivity index (χ2v) is 6.75. The second kappa shape index (κ2) is 7.12. The highest BCUT2D eigenvalue weighted by molar-refractivity contribution is 5.77. The Morgan fingerprint density at radius 2 is 1.86 bits per heavy atom. The van der Waals surface area contributed by atoms with Crippen LogP contribution in [0.2, 0.25) is 0 Å². The number of esters is 1. The van der Waals surface area contributed by atoms with Crippen LogP contribution in [-0.4, -0.2) is 45.4 Å². The number of carbonyl (C=O) groups excluding carboxylic acids is 1. The Balaban J connectivity index is 1.91. The summed E-state index contributed by atoms with van der Waals surface area (Å²) in [6.45, 7) is 0.866. The van der Waals surface area contributed by atoms with Gasteiger partial charge in [0.15, 0.2) is 11.2 Å². The quantitative estimate of drug-likeness (QED) is 0.593. The molecule has 1 aliphatic heterocycles. The van der Waals surface area contributed by atoms with Gasteiger partial charge in [-0.15, -0.1) is 0 Å². The van der Waals surface area contributed by atoms with E-state index in [2.05, 4.69) is 9.72 Å². The molecular weight excluding hydrogens is 378 g/mol. The number of anilines is 2.